The molecular weight excluding hydrogens is 358 g/mol. The first-order chi connectivity index (χ1) is 13.0. The molecule has 7 nitrogen and oxygen atoms in total. The van der Waals surface area contributed by atoms with Gasteiger partial charge in [0.2, 0.25) is 17.7 Å². The Morgan fingerprint density at radius 1 is 1.07 bits per heavy atom. The lowest BCUT2D eigenvalue weighted by Gasteiger charge is -2.33. The van der Waals surface area contributed by atoms with Crippen molar-refractivity contribution in [3.8, 4) is 0 Å². The summed E-state index contributed by atoms with van der Waals surface area (Å²) in [4.78, 5) is 37.3. The van der Waals surface area contributed by atoms with Gasteiger partial charge in [-0.3, -0.25) is 19.6 Å². The molecule has 156 valence electrons. The Kier molecular flexibility index (Phi) is 8.63. The van der Waals surface area contributed by atoms with Crippen LogP contribution in [0.5, 0.6) is 0 Å². The molecule has 1 aromatic carbocycles. The fraction of sp³-hybridized carbons (Fsp3) is 0.571. The van der Waals surface area contributed by atoms with Gasteiger partial charge in [0.15, 0.2) is 0 Å². The highest BCUT2D eigenvalue weighted by atomic mass is 16.5. The van der Waals surface area contributed by atoms with Gasteiger partial charge in [0.25, 0.3) is 0 Å². The fourth-order valence-electron chi connectivity index (χ4n) is 3.30. The normalized spacial score (nSPS) is 14.5. The summed E-state index contributed by atoms with van der Waals surface area (Å²) in [6.45, 7) is 9.51. The Morgan fingerprint density at radius 3 is 2.07 bits per heavy atom. The minimum absolute atomic E-state index is 0.181. The van der Waals surface area contributed by atoms with Crippen molar-refractivity contribution in [3.05, 3.63) is 35.4 Å². The molecular formula is C21H33N3O4. The van der Waals surface area contributed by atoms with Gasteiger partial charge in [-0.25, -0.2) is 5.48 Å². The van der Waals surface area contributed by atoms with Crippen LogP contribution in [0.15, 0.2) is 24.3 Å². The molecule has 0 radical (unpaired) electrons. The van der Waals surface area contributed by atoms with Crippen LogP contribution < -0.4 is 16.1 Å². The number of benzene rings is 1. The van der Waals surface area contributed by atoms with E-state index < -0.39 is 23.3 Å². The van der Waals surface area contributed by atoms with Gasteiger partial charge >= 0.3 is 0 Å². The summed E-state index contributed by atoms with van der Waals surface area (Å²) >= 11 is 0. The van der Waals surface area contributed by atoms with Crippen molar-refractivity contribution in [1.29, 1.82) is 0 Å². The lowest BCUT2D eigenvalue weighted by Crippen LogP contribution is -2.54. The van der Waals surface area contributed by atoms with Crippen LogP contribution in [0, 0.1) is 18.3 Å². The first-order valence-electron chi connectivity index (χ1n) is 9.56. The molecule has 3 atom stereocenters. The SMILES string of the molecule is CC[C@@H](c1ccc(C)cc1)C(CC(=O)NO)C(=O)NC(C(=O)NC)C(C)(C)C. The zero-order chi connectivity index (χ0) is 21.5. The average molecular weight is 392 g/mol. The molecule has 0 bridgehead atoms. The van der Waals surface area contributed by atoms with Crippen LogP contribution in [0.3, 0.4) is 0 Å². The predicted octanol–water partition coefficient (Wildman–Crippen LogP) is 2.28. The van der Waals surface area contributed by atoms with Crippen LogP contribution in [0.25, 0.3) is 0 Å². The number of nitrogens with one attached hydrogen (secondary N) is 3. The molecule has 7 heteroatoms. The standard InChI is InChI=1S/C21H33N3O4/c1-7-15(14-10-8-13(2)9-11-14)16(12-17(25)24-28)19(26)23-18(20(27)22-6)21(3,4)5/h8-11,15-16,18,28H,7,12H2,1-6H3,(H,22,27)(H,23,26)(H,24,25)/t15-,16?,18?/m0/s1. The van der Waals surface area contributed by atoms with E-state index in [0.29, 0.717) is 6.42 Å². The lowest BCUT2D eigenvalue weighted by molar-refractivity contribution is -0.137. The summed E-state index contributed by atoms with van der Waals surface area (Å²) in [7, 11) is 1.52. The number of likely N-dealkylation sites (N-methyl/N-ethyl adjacent to an activating group) is 1. The van der Waals surface area contributed by atoms with Crippen molar-refractivity contribution in [1.82, 2.24) is 16.1 Å². The maximum Gasteiger partial charge on any atom is 0.244 e. The molecule has 1 aromatic rings. The van der Waals surface area contributed by atoms with Crippen molar-refractivity contribution < 1.29 is 19.6 Å². The van der Waals surface area contributed by atoms with Gasteiger partial charge in [-0.1, -0.05) is 57.5 Å². The highest BCUT2D eigenvalue weighted by molar-refractivity contribution is 5.91. The summed E-state index contributed by atoms with van der Waals surface area (Å²) < 4.78 is 0. The first-order valence-corrected chi connectivity index (χ1v) is 9.56. The summed E-state index contributed by atoms with van der Waals surface area (Å²) in [5, 5.41) is 14.4. The summed E-state index contributed by atoms with van der Waals surface area (Å²) in [6.07, 6.45) is 0.444. The average Bonchev–Trinajstić information content (AvgIpc) is 2.65. The second-order valence-electron chi connectivity index (χ2n) is 8.19. The van der Waals surface area contributed by atoms with Crippen LogP contribution in [0.4, 0.5) is 0 Å². The monoisotopic (exact) mass is 391 g/mol. The van der Waals surface area contributed by atoms with Crippen molar-refractivity contribution >= 4 is 17.7 Å². The minimum Gasteiger partial charge on any atom is -0.357 e. The highest BCUT2D eigenvalue weighted by Gasteiger charge is 2.37. The van der Waals surface area contributed by atoms with E-state index in [2.05, 4.69) is 10.6 Å². The van der Waals surface area contributed by atoms with Crippen molar-refractivity contribution in [2.75, 3.05) is 7.05 Å². The molecule has 0 saturated carbocycles. The molecule has 1 rings (SSSR count). The molecule has 4 N–H and O–H groups in total. The quantitative estimate of drug-likeness (QED) is 0.403. The maximum atomic E-state index is 13.2. The molecule has 0 saturated heterocycles. The van der Waals surface area contributed by atoms with Crippen molar-refractivity contribution in [3.63, 3.8) is 0 Å². The number of carbonyl (C=O) groups is 3. The Hall–Kier alpha value is -2.41. The van der Waals surface area contributed by atoms with E-state index >= 15 is 0 Å². The van der Waals surface area contributed by atoms with E-state index in [-0.39, 0.29) is 24.2 Å². The molecule has 0 aliphatic carbocycles. The Morgan fingerprint density at radius 2 is 1.64 bits per heavy atom. The van der Waals surface area contributed by atoms with Gasteiger partial charge in [-0.05, 0) is 30.2 Å². The van der Waals surface area contributed by atoms with E-state index in [1.165, 1.54) is 7.05 Å². The zero-order valence-electron chi connectivity index (χ0n) is 17.6. The number of aryl methyl sites for hydroxylation is 1. The molecule has 0 aliphatic rings. The van der Waals surface area contributed by atoms with E-state index in [9.17, 15) is 14.4 Å². The van der Waals surface area contributed by atoms with Crippen LogP contribution in [0.2, 0.25) is 0 Å². The van der Waals surface area contributed by atoms with Gasteiger partial charge < -0.3 is 10.6 Å². The van der Waals surface area contributed by atoms with E-state index in [1.807, 2.05) is 58.9 Å². The molecule has 28 heavy (non-hydrogen) atoms. The second kappa shape index (κ2) is 10.2. The van der Waals surface area contributed by atoms with Gasteiger partial charge in [-0.2, -0.15) is 0 Å². The Labute approximate surface area is 167 Å². The molecule has 0 aromatic heterocycles. The topological polar surface area (TPSA) is 108 Å². The van der Waals surface area contributed by atoms with Gasteiger partial charge in [0.05, 0.1) is 5.92 Å². The third-order valence-corrected chi connectivity index (χ3v) is 4.96. The largest absolute Gasteiger partial charge is 0.357 e. The van der Waals surface area contributed by atoms with Gasteiger partial charge in [0.1, 0.15) is 6.04 Å². The van der Waals surface area contributed by atoms with Crippen LogP contribution in [0.1, 0.15) is 57.6 Å². The van der Waals surface area contributed by atoms with Crippen LogP contribution in [-0.4, -0.2) is 36.0 Å². The third kappa shape index (κ3) is 6.34. The Bertz CT molecular complexity index is 680. The lowest BCUT2D eigenvalue weighted by atomic mass is 9.80. The fourth-order valence-corrected chi connectivity index (χ4v) is 3.30. The highest BCUT2D eigenvalue weighted by Crippen LogP contribution is 2.32. The van der Waals surface area contributed by atoms with Gasteiger partial charge in [0, 0.05) is 13.5 Å². The summed E-state index contributed by atoms with van der Waals surface area (Å²) in [5.41, 5.74) is 3.13. The first kappa shape index (κ1) is 23.6. The molecule has 0 aliphatic heterocycles. The number of amides is 3. The van der Waals surface area contributed by atoms with Crippen LogP contribution in [-0.2, 0) is 14.4 Å². The van der Waals surface area contributed by atoms with Crippen LogP contribution >= 0.6 is 0 Å². The predicted molar refractivity (Wildman–Crippen MR) is 108 cm³/mol. The number of hydroxylamine groups is 1. The van der Waals surface area contributed by atoms with Crippen molar-refractivity contribution in [2.45, 2.75) is 59.4 Å². The molecule has 0 fully saturated rings. The summed E-state index contributed by atoms with van der Waals surface area (Å²) in [5.74, 6) is -2.29. The molecule has 3 amide bonds. The summed E-state index contributed by atoms with van der Waals surface area (Å²) in [6, 6.07) is 7.06. The smallest absolute Gasteiger partial charge is 0.244 e. The van der Waals surface area contributed by atoms with E-state index in [0.717, 1.165) is 11.1 Å². The minimum atomic E-state index is -0.750. The Balaban J connectivity index is 3.23. The number of rotatable bonds is 8. The van der Waals surface area contributed by atoms with Crippen molar-refractivity contribution in [2.24, 2.45) is 11.3 Å². The van der Waals surface area contributed by atoms with E-state index in [4.69, 9.17) is 5.21 Å². The number of carbonyl (C=O) groups excluding carboxylic acids is 3. The zero-order valence-corrected chi connectivity index (χ0v) is 17.6. The molecule has 0 heterocycles. The maximum absolute atomic E-state index is 13.2. The number of hydrogen-bond acceptors (Lipinski definition) is 4. The van der Waals surface area contributed by atoms with E-state index in [1.54, 1.807) is 5.48 Å². The number of hydrogen-bond donors (Lipinski definition) is 4. The third-order valence-electron chi connectivity index (χ3n) is 4.96. The molecule has 2 unspecified atom stereocenters. The molecule has 0 spiro atoms. The van der Waals surface area contributed by atoms with Gasteiger partial charge in [-0.15, -0.1) is 0 Å². The second-order valence-corrected chi connectivity index (χ2v) is 8.19.